The number of nitrogens with one attached hydrogen (secondary N) is 1. The molecular formula is C18H15N3O3. The maximum Gasteiger partial charge on any atom is 0.266 e. The van der Waals surface area contributed by atoms with E-state index in [0.717, 1.165) is 0 Å². The van der Waals surface area contributed by atoms with Crippen LogP contribution in [0, 0.1) is 11.3 Å². The lowest BCUT2D eigenvalue weighted by Crippen LogP contribution is -2.19. The van der Waals surface area contributed by atoms with Crippen LogP contribution in [-0.2, 0) is 4.79 Å². The van der Waals surface area contributed by atoms with E-state index in [2.05, 4.69) is 5.32 Å². The van der Waals surface area contributed by atoms with Crippen LogP contribution in [0.25, 0.3) is 6.08 Å². The van der Waals surface area contributed by atoms with Gasteiger partial charge in [0.1, 0.15) is 17.4 Å². The molecule has 2 rings (SSSR count). The highest BCUT2D eigenvalue weighted by molar-refractivity contribution is 6.12. The van der Waals surface area contributed by atoms with E-state index in [-0.39, 0.29) is 16.8 Å². The minimum Gasteiger partial charge on any atom is -0.497 e. The Labute approximate surface area is 139 Å². The second kappa shape index (κ2) is 7.61. The van der Waals surface area contributed by atoms with Gasteiger partial charge >= 0.3 is 0 Å². The number of amides is 2. The standard InChI is InChI=1S/C18H15N3O3/c1-24-14-8-6-12(7-9-14)10-13(11-19)18(23)21-16-5-3-2-4-15(16)17(20)22/h2-10H,1H3,(H2,20,22)(H,21,23). The Bertz CT molecular complexity index is 833. The zero-order chi connectivity index (χ0) is 17.5. The number of anilines is 1. The average molecular weight is 321 g/mol. The van der Waals surface area contributed by atoms with Gasteiger partial charge in [-0.2, -0.15) is 5.26 Å². The van der Waals surface area contributed by atoms with E-state index in [1.165, 1.54) is 12.1 Å². The summed E-state index contributed by atoms with van der Waals surface area (Å²) in [4.78, 5) is 23.6. The number of carbonyl (C=O) groups excluding carboxylic acids is 2. The Morgan fingerprint density at radius 3 is 2.42 bits per heavy atom. The van der Waals surface area contributed by atoms with E-state index in [9.17, 15) is 14.9 Å². The monoisotopic (exact) mass is 321 g/mol. The summed E-state index contributed by atoms with van der Waals surface area (Å²) < 4.78 is 5.05. The van der Waals surface area contributed by atoms with Crippen molar-refractivity contribution in [3.8, 4) is 11.8 Å². The third-order valence-corrected chi connectivity index (χ3v) is 3.23. The number of nitrogens with zero attached hydrogens (tertiary/aromatic N) is 1. The van der Waals surface area contributed by atoms with Crippen molar-refractivity contribution < 1.29 is 14.3 Å². The predicted molar refractivity (Wildman–Crippen MR) is 90.2 cm³/mol. The van der Waals surface area contributed by atoms with Crippen LogP contribution < -0.4 is 15.8 Å². The molecule has 0 aliphatic heterocycles. The molecular weight excluding hydrogens is 306 g/mol. The SMILES string of the molecule is COc1ccc(C=C(C#N)C(=O)Nc2ccccc2C(N)=O)cc1. The number of nitriles is 1. The number of para-hydroxylation sites is 1. The number of nitrogens with two attached hydrogens (primary N) is 1. The zero-order valence-electron chi connectivity index (χ0n) is 12.9. The lowest BCUT2D eigenvalue weighted by Gasteiger charge is -2.08. The quantitative estimate of drug-likeness (QED) is 0.651. The molecule has 0 aliphatic carbocycles. The normalized spacial score (nSPS) is 10.6. The van der Waals surface area contributed by atoms with E-state index in [4.69, 9.17) is 10.5 Å². The van der Waals surface area contributed by atoms with Crippen molar-refractivity contribution >= 4 is 23.6 Å². The van der Waals surface area contributed by atoms with E-state index in [1.54, 1.807) is 49.6 Å². The molecule has 120 valence electrons. The molecule has 2 aromatic carbocycles. The van der Waals surface area contributed by atoms with Gasteiger partial charge in [-0.15, -0.1) is 0 Å². The van der Waals surface area contributed by atoms with Crippen LogP contribution >= 0.6 is 0 Å². The summed E-state index contributed by atoms with van der Waals surface area (Å²) in [5.74, 6) is -0.615. The first-order chi connectivity index (χ1) is 11.5. The molecule has 2 aromatic rings. The molecule has 0 spiro atoms. The zero-order valence-corrected chi connectivity index (χ0v) is 12.9. The molecule has 0 saturated carbocycles. The summed E-state index contributed by atoms with van der Waals surface area (Å²) in [6, 6.07) is 15.1. The Morgan fingerprint density at radius 2 is 1.83 bits per heavy atom. The van der Waals surface area contributed by atoms with Crippen LogP contribution in [0.5, 0.6) is 5.75 Å². The largest absolute Gasteiger partial charge is 0.497 e. The Morgan fingerprint density at radius 1 is 1.17 bits per heavy atom. The summed E-state index contributed by atoms with van der Waals surface area (Å²) in [5, 5.41) is 11.8. The summed E-state index contributed by atoms with van der Waals surface area (Å²) in [6.07, 6.45) is 1.45. The number of ether oxygens (including phenoxy) is 1. The van der Waals surface area contributed by atoms with Gasteiger partial charge in [-0.25, -0.2) is 0 Å². The molecule has 0 heterocycles. The molecule has 0 bridgehead atoms. The van der Waals surface area contributed by atoms with E-state index < -0.39 is 11.8 Å². The number of primary amides is 1. The highest BCUT2D eigenvalue weighted by Gasteiger charge is 2.13. The minimum absolute atomic E-state index is 0.0977. The van der Waals surface area contributed by atoms with Crippen molar-refractivity contribution in [2.24, 2.45) is 5.73 Å². The van der Waals surface area contributed by atoms with Gasteiger partial charge in [0.15, 0.2) is 0 Å². The fraction of sp³-hybridized carbons (Fsp3) is 0.0556. The first-order valence-corrected chi connectivity index (χ1v) is 7.01. The fourth-order valence-corrected chi connectivity index (χ4v) is 2.01. The molecule has 0 aromatic heterocycles. The van der Waals surface area contributed by atoms with Gasteiger partial charge in [-0.1, -0.05) is 24.3 Å². The third kappa shape index (κ3) is 3.99. The molecule has 0 radical (unpaired) electrons. The molecule has 0 atom stereocenters. The smallest absolute Gasteiger partial charge is 0.266 e. The van der Waals surface area contributed by atoms with Gasteiger partial charge in [0.25, 0.3) is 11.8 Å². The Hall–Kier alpha value is -3.59. The molecule has 3 N–H and O–H groups in total. The van der Waals surface area contributed by atoms with Crippen LogP contribution in [-0.4, -0.2) is 18.9 Å². The van der Waals surface area contributed by atoms with Crippen molar-refractivity contribution in [3.05, 3.63) is 65.2 Å². The second-order valence-electron chi connectivity index (χ2n) is 4.81. The molecule has 0 fully saturated rings. The lowest BCUT2D eigenvalue weighted by atomic mass is 10.1. The van der Waals surface area contributed by atoms with Crippen LogP contribution in [0.2, 0.25) is 0 Å². The summed E-state index contributed by atoms with van der Waals surface area (Å²) in [6.45, 7) is 0. The number of hydrogen-bond acceptors (Lipinski definition) is 4. The van der Waals surface area contributed by atoms with Gasteiger partial charge in [0, 0.05) is 0 Å². The molecule has 0 unspecified atom stereocenters. The first kappa shape index (κ1) is 16.8. The van der Waals surface area contributed by atoms with Gasteiger partial charge in [-0.05, 0) is 35.9 Å². The minimum atomic E-state index is -0.663. The van der Waals surface area contributed by atoms with E-state index >= 15 is 0 Å². The number of methoxy groups -OCH3 is 1. The number of hydrogen-bond donors (Lipinski definition) is 2. The van der Waals surface area contributed by atoms with Crippen molar-refractivity contribution in [3.63, 3.8) is 0 Å². The maximum atomic E-state index is 12.3. The Kier molecular flexibility index (Phi) is 5.32. The summed E-state index contributed by atoms with van der Waals surface area (Å²) in [7, 11) is 1.55. The van der Waals surface area contributed by atoms with Crippen molar-refractivity contribution in [2.45, 2.75) is 0 Å². The number of rotatable bonds is 5. The van der Waals surface area contributed by atoms with Crippen molar-refractivity contribution in [2.75, 3.05) is 12.4 Å². The number of benzene rings is 2. The molecule has 6 nitrogen and oxygen atoms in total. The second-order valence-corrected chi connectivity index (χ2v) is 4.81. The average Bonchev–Trinajstić information content (AvgIpc) is 2.60. The van der Waals surface area contributed by atoms with Crippen molar-refractivity contribution in [1.82, 2.24) is 0 Å². The van der Waals surface area contributed by atoms with Gasteiger partial charge in [0.05, 0.1) is 18.4 Å². The fourth-order valence-electron chi connectivity index (χ4n) is 2.01. The van der Waals surface area contributed by atoms with Gasteiger partial charge in [-0.3, -0.25) is 9.59 Å². The third-order valence-electron chi connectivity index (χ3n) is 3.23. The Balaban J connectivity index is 2.25. The summed E-state index contributed by atoms with van der Waals surface area (Å²) in [5.41, 5.74) is 6.27. The molecule has 6 heteroatoms. The topological polar surface area (TPSA) is 105 Å². The molecule has 24 heavy (non-hydrogen) atoms. The molecule has 0 aliphatic rings. The lowest BCUT2D eigenvalue weighted by molar-refractivity contribution is -0.112. The highest BCUT2D eigenvalue weighted by atomic mass is 16.5. The number of carbonyl (C=O) groups is 2. The van der Waals surface area contributed by atoms with Crippen LogP contribution in [0.1, 0.15) is 15.9 Å². The highest BCUT2D eigenvalue weighted by Crippen LogP contribution is 2.17. The van der Waals surface area contributed by atoms with Crippen LogP contribution in [0.3, 0.4) is 0 Å². The van der Waals surface area contributed by atoms with Crippen LogP contribution in [0.15, 0.2) is 54.1 Å². The van der Waals surface area contributed by atoms with Crippen LogP contribution in [0.4, 0.5) is 5.69 Å². The van der Waals surface area contributed by atoms with Gasteiger partial charge in [0.2, 0.25) is 0 Å². The molecule has 2 amide bonds. The first-order valence-electron chi connectivity index (χ1n) is 7.01. The van der Waals surface area contributed by atoms with Gasteiger partial charge < -0.3 is 15.8 Å². The van der Waals surface area contributed by atoms with Crippen molar-refractivity contribution in [1.29, 1.82) is 5.26 Å². The van der Waals surface area contributed by atoms with E-state index in [0.29, 0.717) is 11.3 Å². The predicted octanol–water partition coefficient (Wildman–Crippen LogP) is 2.34. The summed E-state index contributed by atoms with van der Waals surface area (Å²) >= 11 is 0. The van der Waals surface area contributed by atoms with E-state index in [1.807, 2.05) is 6.07 Å². The molecule has 0 saturated heterocycles. The maximum absolute atomic E-state index is 12.3.